The van der Waals surface area contributed by atoms with E-state index < -0.39 is 17.5 Å². The fraction of sp³-hybridized carbons (Fsp3) is 0.107. The zero-order valence-corrected chi connectivity index (χ0v) is 20.8. The molecule has 0 bridgehead atoms. The average Bonchev–Trinajstić information content (AvgIpc) is 3.37. The van der Waals surface area contributed by atoms with Crippen molar-refractivity contribution in [2.24, 2.45) is 0 Å². The monoisotopic (exact) mass is 647 g/mol. The Hall–Kier alpha value is -3.41. The predicted molar refractivity (Wildman–Crippen MR) is 125 cm³/mol. The van der Waals surface area contributed by atoms with E-state index in [1.54, 1.807) is 6.07 Å². The molecule has 6 rings (SSSR count). The van der Waals surface area contributed by atoms with Crippen LogP contribution in [0.4, 0.5) is 13.2 Å². The molecule has 0 aliphatic carbocycles. The van der Waals surface area contributed by atoms with E-state index >= 15 is 0 Å². The molecule has 7 heteroatoms. The number of hydrogen-bond donors (Lipinski definition) is 0. The maximum absolute atomic E-state index is 13.7. The van der Waals surface area contributed by atoms with Crippen LogP contribution in [0.5, 0.6) is 0 Å². The molecule has 176 valence electrons. The number of rotatable bonds is 2. The minimum Gasteiger partial charge on any atom is -0.668 e. The summed E-state index contributed by atoms with van der Waals surface area (Å²) >= 11 is 0. The van der Waals surface area contributed by atoms with Gasteiger partial charge in [0.2, 0.25) is 0 Å². The first-order chi connectivity index (χ1) is 16.6. The van der Waals surface area contributed by atoms with Gasteiger partial charge in [0.15, 0.2) is 0 Å². The molecule has 0 N–H and O–H groups in total. The maximum atomic E-state index is 13.7. The fourth-order valence-corrected chi connectivity index (χ4v) is 4.03. The zero-order chi connectivity index (χ0) is 23.5. The molecule has 1 atom stereocenters. The molecule has 0 saturated heterocycles. The van der Waals surface area contributed by atoms with Gasteiger partial charge in [0.25, 0.3) is 0 Å². The Labute approximate surface area is 215 Å². The van der Waals surface area contributed by atoms with Gasteiger partial charge in [0, 0.05) is 18.6 Å². The Morgan fingerprint density at radius 3 is 2.57 bits per heavy atom. The molecule has 0 radical (unpaired) electrons. The van der Waals surface area contributed by atoms with E-state index in [-0.39, 0.29) is 37.5 Å². The molecule has 2 aliphatic heterocycles. The standard InChI is InChI=1S/C17H9F3N.C11H10N2.Ir/c18-13-8-14(17(20)15(19)9-13)16-7-6-12(10-21-16)11-4-2-1-3-5-11;1-2-4-10-9(3-1)5-7-13-8-6-12-11(10)13;/h1-7,9-10H;1-3,6,8,11H,5,7H2;/q-1;-2;+3. The minimum atomic E-state index is -1.25. The van der Waals surface area contributed by atoms with Gasteiger partial charge in [-0.2, -0.15) is 41.6 Å². The van der Waals surface area contributed by atoms with Crippen molar-refractivity contribution < 1.29 is 33.3 Å². The number of benzene rings is 3. The first kappa shape index (κ1) is 24.7. The third-order valence-electron chi connectivity index (χ3n) is 5.73. The molecule has 1 unspecified atom stereocenters. The molecule has 4 aromatic rings. The second kappa shape index (κ2) is 10.9. The molecule has 1 aromatic heterocycles. The quantitative estimate of drug-likeness (QED) is 0.177. The van der Waals surface area contributed by atoms with Crippen molar-refractivity contribution in [3.05, 3.63) is 131 Å². The van der Waals surface area contributed by atoms with Crippen molar-refractivity contribution in [2.75, 3.05) is 6.54 Å². The SMILES string of the molecule is Fc1[c-]c(-c2ccc(-c3ccccc3)cn2)c(F)c(F)c1.[Ir+3].[c-]1cccc2c1C1[N-]C=CN1CC2. The molecular weight excluding hydrogens is 628 g/mol. The molecular formula is C28H19F3IrN3. The minimum absolute atomic E-state index is 0. The zero-order valence-electron chi connectivity index (χ0n) is 18.4. The summed E-state index contributed by atoms with van der Waals surface area (Å²) in [5.74, 6) is -3.37. The maximum Gasteiger partial charge on any atom is 3.00 e. The van der Waals surface area contributed by atoms with Gasteiger partial charge in [-0.1, -0.05) is 60.5 Å². The van der Waals surface area contributed by atoms with E-state index in [2.05, 4.69) is 45.7 Å². The summed E-state index contributed by atoms with van der Waals surface area (Å²) in [6.07, 6.45) is 6.81. The average molecular weight is 647 g/mol. The topological polar surface area (TPSA) is 30.2 Å². The third-order valence-corrected chi connectivity index (χ3v) is 5.73. The number of fused-ring (bicyclic) bond motifs is 3. The van der Waals surface area contributed by atoms with E-state index in [9.17, 15) is 13.2 Å². The molecule has 0 spiro atoms. The van der Waals surface area contributed by atoms with Crippen molar-refractivity contribution in [2.45, 2.75) is 12.6 Å². The normalized spacial score (nSPS) is 15.2. The molecule has 35 heavy (non-hydrogen) atoms. The Bertz CT molecular complexity index is 1330. The number of halogens is 3. The van der Waals surface area contributed by atoms with Crippen LogP contribution in [0.2, 0.25) is 0 Å². The summed E-state index contributed by atoms with van der Waals surface area (Å²) in [6.45, 7) is 1.08. The van der Waals surface area contributed by atoms with Crippen LogP contribution < -0.4 is 0 Å². The molecule has 0 fully saturated rings. The molecule has 3 heterocycles. The Morgan fingerprint density at radius 2 is 1.80 bits per heavy atom. The van der Waals surface area contributed by atoms with Gasteiger partial charge in [0.05, 0.1) is 11.6 Å². The molecule has 0 saturated carbocycles. The van der Waals surface area contributed by atoms with Crippen molar-refractivity contribution in [1.82, 2.24) is 9.88 Å². The molecule has 3 aromatic carbocycles. The van der Waals surface area contributed by atoms with Gasteiger partial charge in [-0.05, 0) is 29.2 Å². The number of hydrogen-bond acceptors (Lipinski definition) is 2. The summed E-state index contributed by atoms with van der Waals surface area (Å²) in [5.41, 5.74) is 4.25. The number of aromatic nitrogens is 1. The molecule has 0 amide bonds. The van der Waals surface area contributed by atoms with Crippen molar-refractivity contribution >= 4 is 0 Å². The summed E-state index contributed by atoms with van der Waals surface area (Å²) in [7, 11) is 0. The van der Waals surface area contributed by atoms with Crippen molar-refractivity contribution in [1.29, 1.82) is 0 Å². The van der Waals surface area contributed by atoms with E-state index in [0.717, 1.165) is 24.1 Å². The molecule has 3 nitrogen and oxygen atoms in total. The fourth-order valence-electron chi connectivity index (χ4n) is 4.03. The van der Waals surface area contributed by atoms with Crippen LogP contribution in [-0.2, 0) is 26.5 Å². The Balaban J connectivity index is 0.000000177. The van der Waals surface area contributed by atoms with Crippen LogP contribution in [0.15, 0.2) is 85.3 Å². The van der Waals surface area contributed by atoms with Gasteiger partial charge in [-0.3, -0.25) is 4.39 Å². The predicted octanol–water partition coefficient (Wildman–Crippen LogP) is 6.83. The van der Waals surface area contributed by atoms with Gasteiger partial charge >= 0.3 is 20.1 Å². The number of pyridine rings is 1. The second-order valence-corrected chi connectivity index (χ2v) is 7.87. The van der Waals surface area contributed by atoms with Gasteiger partial charge < -0.3 is 15.2 Å². The van der Waals surface area contributed by atoms with Crippen LogP contribution in [0.1, 0.15) is 17.3 Å². The van der Waals surface area contributed by atoms with Crippen molar-refractivity contribution in [3.8, 4) is 22.4 Å². The largest absolute Gasteiger partial charge is 3.00 e. The van der Waals surface area contributed by atoms with Crippen LogP contribution >= 0.6 is 0 Å². The van der Waals surface area contributed by atoms with E-state index in [1.807, 2.05) is 42.6 Å². The Kier molecular flexibility index (Phi) is 7.69. The van der Waals surface area contributed by atoms with Gasteiger partial charge in [-0.25, -0.2) is 8.78 Å². The van der Waals surface area contributed by atoms with Crippen molar-refractivity contribution in [3.63, 3.8) is 0 Å². The summed E-state index contributed by atoms with van der Waals surface area (Å²) in [4.78, 5) is 6.33. The van der Waals surface area contributed by atoms with E-state index in [0.29, 0.717) is 6.07 Å². The van der Waals surface area contributed by atoms with Gasteiger partial charge in [0.1, 0.15) is 0 Å². The van der Waals surface area contributed by atoms with Crippen LogP contribution in [0.25, 0.3) is 27.7 Å². The van der Waals surface area contributed by atoms with Gasteiger partial charge in [-0.15, -0.1) is 6.07 Å². The Morgan fingerprint density at radius 1 is 0.971 bits per heavy atom. The first-order valence-corrected chi connectivity index (χ1v) is 10.8. The van der Waals surface area contributed by atoms with Crippen LogP contribution in [-0.4, -0.2) is 16.4 Å². The summed E-state index contributed by atoms with van der Waals surface area (Å²) < 4.78 is 40.0. The van der Waals surface area contributed by atoms with E-state index in [4.69, 9.17) is 0 Å². The summed E-state index contributed by atoms with van der Waals surface area (Å²) in [6, 6.07) is 24.8. The first-order valence-electron chi connectivity index (χ1n) is 10.8. The summed E-state index contributed by atoms with van der Waals surface area (Å²) in [5, 5.41) is 4.41. The van der Waals surface area contributed by atoms with Crippen LogP contribution in [0.3, 0.4) is 0 Å². The molecule has 2 aliphatic rings. The second-order valence-electron chi connectivity index (χ2n) is 7.87. The van der Waals surface area contributed by atoms with E-state index in [1.165, 1.54) is 23.4 Å². The van der Waals surface area contributed by atoms with Crippen LogP contribution in [0, 0.1) is 29.6 Å². The smallest absolute Gasteiger partial charge is 0.668 e. The number of nitrogens with zero attached hydrogens (tertiary/aromatic N) is 3. The third kappa shape index (κ3) is 5.31.